The van der Waals surface area contributed by atoms with Crippen molar-refractivity contribution in [2.24, 2.45) is 0 Å². The lowest BCUT2D eigenvalue weighted by molar-refractivity contribution is -0.107. The molecule has 11 nitrogen and oxygen atoms in total. The monoisotopic (exact) mass is 456 g/mol. The highest BCUT2D eigenvalue weighted by Gasteiger charge is 2.47. The maximum Gasteiger partial charge on any atom is 0.252 e. The molecule has 1 fully saturated rings. The van der Waals surface area contributed by atoms with E-state index >= 15 is 0 Å². The number of aromatic nitrogens is 8. The van der Waals surface area contributed by atoms with Crippen molar-refractivity contribution in [1.82, 2.24) is 44.5 Å². The van der Waals surface area contributed by atoms with Gasteiger partial charge in [-0.2, -0.15) is 4.52 Å². The maximum absolute atomic E-state index is 13.3. The van der Waals surface area contributed by atoms with Crippen LogP contribution in [0.2, 0.25) is 0 Å². The highest BCUT2D eigenvalue weighted by molar-refractivity contribution is 5.65. The Morgan fingerprint density at radius 2 is 2.12 bits per heavy atom. The van der Waals surface area contributed by atoms with Crippen molar-refractivity contribution in [3.8, 4) is 11.6 Å². The fourth-order valence-electron chi connectivity index (χ4n) is 4.59. The Hall–Kier alpha value is -3.48. The number of oxazole rings is 1. The zero-order valence-corrected chi connectivity index (χ0v) is 17.9. The van der Waals surface area contributed by atoms with Crippen molar-refractivity contribution in [3.63, 3.8) is 0 Å². The first-order valence-corrected chi connectivity index (χ1v) is 10.8. The number of alkyl halides is 2. The third kappa shape index (κ3) is 3.43. The lowest BCUT2D eigenvalue weighted by Crippen LogP contribution is -2.39. The molecule has 0 amide bonds. The van der Waals surface area contributed by atoms with Gasteiger partial charge in [0.25, 0.3) is 5.92 Å². The van der Waals surface area contributed by atoms with E-state index in [4.69, 9.17) is 10.2 Å². The topological polar surface area (TPSA) is 129 Å². The highest BCUT2D eigenvalue weighted by Crippen LogP contribution is 2.45. The summed E-state index contributed by atoms with van der Waals surface area (Å²) in [5.41, 5.74) is 9.88. The lowest BCUT2D eigenvalue weighted by atomic mass is 9.88. The van der Waals surface area contributed by atoms with Crippen molar-refractivity contribution in [2.75, 3.05) is 18.8 Å². The minimum absolute atomic E-state index is 0.152. The number of nitrogens with zero attached hydrogens (tertiary/aromatic N) is 9. The Morgan fingerprint density at radius 1 is 1.27 bits per heavy atom. The second-order valence-electron chi connectivity index (χ2n) is 8.67. The molecule has 2 aliphatic rings. The number of anilines is 1. The largest absolute Gasteiger partial charge is 0.443 e. The Kier molecular flexibility index (Phi) is 4.44. The summed E-state index contributed by atoms with van der Waals surface area (Å²) in [4.78, 5) is 15.4. The standard InChI is InChI=1S/C20H22F2N10O/c1-11-16(18-24-4-7-33-18)26-19(23)32-17(11)25-15(28-32)3-6-30-5-2-14-13(10-30)27-29-31(14)12-8-20(21,22)9-12/h4,7,12H,2-3,5-6,8-10H2,1H3,(H2,23,26). The van der Waals surface area contributed by atoms with Gasteiger partial charge in [0.05, 0.1) is 23.6 Å². The zero-order valence-electron chi connectivity index (χ0n) is 17.9. The van der Waals surface area contributed by atoms with Crippen molar-refractivity contribution in [3.05, 3.63) is 35.2 Å². The van der Waals surface area contributed by atoms with E-state index < -0.39 is 5.92 Å². The highest BCUT2D eigenvalue weighted by atomic mass is 19.3. The molecule has 0 bridgehead atoms. The van der Waals surface area contributed by atoms with Crippen LogP contribution in [-0.4, -0.2) is 63.5 Å². The van der Waals surface area contributed by atoms with E-state index in [1.54, 1.807) is 10.9 Å². The van der Waals surface area contributed by atoms with E-state index in [9.17, 15) is 8.78 Å². The van der Waals surface area contributed by atoms with E-state index in [0.29, 0.717) is 36.0 Å². The minimum Gasteiger partial charge on any atom is -0.443 e. The van der Waals surface area contributed by atoms with Crippen molar-refractivity contribution in [1.29, 1.82) is 0 Å². The molecular formula is C20H22F2N10O. The van der Waals surface area contributed by atoms with Gasteiger partial charge in [-0.15, -0.1) is 10.2 Å². The quantitative estimate of drug-likeness (QED) is 0.478. The number of rotatable bonds is 5. The number of hydrogen-bond donors (Lipinski definition) is 1. The van der Waals surface area contributed by atoms with Crippen LogP contribution >= 0.6 is 0 Å². The van der Waals surface area contributed by atoms with Crippen molar-refractivity contribution >= 4 is 11.6 Å². The molecule has 33 heavy (non-hydrogen) atoms. The van der Waals surface area contributed by atoms with Gasteiger partial charge in [-0.05, 0) is 6.92 Å². The lowest BCUT2D eigenvalue weighted by Gasteiger charge is -2.36. The van der Waals surface area contributed by atoms with Crippen LogP contribution in [0.1, 0.15) is 41.7 Å². The Labute approximate surface area is 186 Å². The summed E-state index contributed by atoms with van der Waals surface area (Å²) >= 11 is 0. The number of hydrogen-bond acceptors (Lipinski definition) is 9. The fraction of sp³-hybridized carbons (Fsp3) is 0.500. The number of aryl methyl sites for hydroxylation is 1. The van der Waals surface area contributed by atoms with Crippen LogP contribution < -0.4 is 5.73 Å². The minimum atomic E-state index is -2.57. The zero-order chi connectivity index (χ0) is 22.7. The molecule has 4 aromatic heterocycles. The summed E-state index contributed by atoms with van der Waals surface area (Å²) in [5.74, 6) is -1.32. The molecule has 6 rings (SSSR count). The number of nitrogens with two attached hydrogens (primary N) is 1. The summed E-state index contributed by atoms with van der Waals surface area (Å²) in [6.45, 7) is 4.04. The van der Waals surface area contributed by atoms with E-state index in [0.717, 1.165) is 36.5 Å². The van der Waals surface area contributed by atoms with Crippen molar-refractivity contribution < 1.29 is 13.2 Å². The predicted octanol–water partition coefficient (Wildman–Crippen LogP) is 1.83. The van der Waals surface area contributed by atoms with Gasteiger partial charge in [0.2, 0.25) is 11.8 Å². The molecule has 5 heterocycles. The molecule has 0 aromatic carbocycles. The van der Waals surface area contributed by atoms with Crippen LogP contribution in [0.15, 0.2) is 16.9 Å². The molecule has 1 aliphatic heterocycles. The molecule has 13 heteroatoms. The maximum atomic E-state index is 13.3. The number of fused-ring (bicyclic) bond motifs is 2. The molecule has 2 N–H and O–H groups in total. The van der Waals surface area contributed by atoms with Gasteiger partial charge in [0, 0.05) is 50.9 Å². The summed E-state index contributed by atoms with van der Waals surface area (Å²) in [5, 5.41) is 12.9. The van der Waals surface area contributed by atoms with Gasteiger partial charge >= 0.3 is 0 Å². The summed E-state index contributed by atoms with van der Waals surface area (Å²) in [6.07, 6.45) is 4.08. The van der Waals surface area contributed by atoms with Crippen molar-refractivity contribution in [2.45, 2.75) is 51.1 Å². The van der Waals surface area contributed by atoms with E-state index in [2.05, 4.69) is 35.3 Å². The van der Waals surface area contributed by atoms with Crippen LogP contribution in [0.5, 0.6) is 0 Å². The van der Waals surface area contributed by atoms with E-state index in [1.807, 2.05) is 6.92 Å². The van der Waals surface area contributed by atoms with E-state index in [-0.39, 0.29) is 24.8 Å². The fourth-order valence-corrected chi connectivity index (χ4v) is 4.59. The SMILES string of the molecule is Cc1c(-c2ncco2)nc(N)n2nc(CCN3CCc4c(nnn4C4CC(F)(F)C4)C3)nc12. The Balaban J connectivity index is 1.16. The molecule has 0 radical (unpaired) electrons. The van der Waals surface area contributed by atoms with Gasteiger partial charge in [-0.25, -0.2) is 28.4 Å². The van der Waals surface area contributed by atoms with Crippen LogP contribution in [0, 0.1) is 6.92 Å². The van der Waals surface area contributed by atoms with Crippen LogP contribution in [-0.2, 0) is 19.4 Å². The summed E-state index contributed by atoms with van der Waals surface area (Å²) in [7, 11) is 0. The molecule has 0 unspecified atom stereocenters. The van der Waals surface area contributed by atoms with Gasteiger partial charge < -0.3 is 10.2 Å². The molecule has 0 spiro atoms. The Bertz CT molecular complexity index is 1320. The molecule has 1 aliphatic carbocycles. The smallest absolute Gasteiger partial charge is 0.252 e. The van der Waals surface area contributed by atoms with Crippen LogP contribution in [0.25, 0.3) is 17.2 Å². The first kappa shape index (κ1) is 20.1. The molecule has 0 saturated heterocycles. The normalized spacial score (nSPS) is 18.5. The average Bonchev–Trinajstić information content (AvgIpc) is 3.52. The first-order valence-electron chi connectivity index (χ1n) is 10.8. The molecular weight excluding hydrogens is 434 g/mol. The molecule has 4 aromatic rings. The second kappa shape index (κ2) is 7.27. The average molecular weight is 456 g/mol. The molecule has 172 valence electrons. The van der Waals surface area contributed by atoms with Gasteiger partial charge in [0.1, 0.15) is 12.0 Å². The van der Waals surface area contributed by atoms with Gasteiger partial charge in [-0.3, -0.25) is 4.90 Å². The summed E-state index contributed by atoms with van der Waals surface area (Å²) < 4.78 is 35.1. The van der Waals surface area contributed by atoms with Crippen LogP contribution in [0.4, 0.5) is 14.7 Å². The third-order valence-electron chi connectivity index (χ3n) is 6.40. The Morgan fingerprint density at radius 3 is 2.88 bits per heavy atom. The van der Waals surface area contributed by atoms with Gasteiger partial charge in [0.15, 0.2) is 11.5 Å². The number of nitrogen functional groups attached to an aromatic ring is 1. The first-order chi connectivity index (χ1) is 15.9. The summed E-state index contributed by atoms with van der Waals surface area (Å²) in [6, 6.07) is -0.242. The molecule has 0 atom stereocenters. The van der Waals surface area contributed by atoms with Gasteiger partial charge in [-0.1, -0.05) is 5.21 Å². The van der Waals surface area contributed by atoms with Crippen LogP contribution in [0.3, 0.4) is 0 Å². The van der Waals surface area contributed by atoms with E-state index in [1.165, 1.54) is 10.8 Å². The molecule has 1 saturated carbocycles. The number of halogens is 2. The second-order valence-corrected chi connectivity index (χ2v) is 8.67. The predicted molar refractivity (Wildman–Crippen MR) is 111 cm³/mol. The third-order valence-corrected chi connectivity index (χ3v) is 6.40.